The molecule has 2 aliphatic carbocycles. The van der Waals surface area contributed by atoms with E-state index in [1.807, 2.05) is 0 Å². The third kappa shape index (κ3) is 1.98. The number of rotatable bonds is 1. The molecule has 1 N–H and O–H groups in total. The van der Waals surface area contributed by atoms with Crippen LogP contribution in [0.25, 0.3) is 0 Å². The summed E-state index contributed by atoms with van der Waals surface area (Å²) in [6.07, 6.45) is 5.49. The van der Waals surface area contributed by atoms with Gasteiger partial charge in [-0.2, -0.15) is 0 Å². The van der Waals surface area contributed by atoms with Gasteiger partial charge in [0, 0.05) is 0 Å². The second-order valence-corrected chi connectivity index (χ2v) is 5.99. The SMILES string of the molecule is C=C1C[C@H](O)C(C(C)C)C2C=C(C)CCC12. The van der Waals surface area contributed by atoms with Gasteiger partial charge in [0.25, 0.3) is 0 Å². The fraction of sp³-hybridized carbons (Fsp3) is 0.733. The molecule has 0 aromatic carbocycles. The Morgan fingerprint density at radius 3 is 2.75 bits per heavy atom. The van der Waals surface area contributed by atoms with Crippen LogP contribution in [0.4, 0.5) is 0 Å². The number of allylic oxidation sites excluding steroid dienone is 2. The van der Waals surface area contributed by atoms with Crippen LogP contribution < -0.4 is 0 Å². The Labute approximate surface area is 99.3 Å². The molecule has 0 radical (unpaired) electrons. The lowest BCUT2D eigenvalue weighted by Crippen LogP contribution is -2.42. The molecule has 3 unspecified atom stereocenters. The Morgan fingerprint density at radius 2 is 2.12 bits per heavy atom. The molecule has 16 heavy (non-hydrogen) atoms. The molecule has 0 saturated heterocycles. The lowest BCUT2D eigenvalue weighted by molar-refractivity contribution is 0.0163. The second kappa shape index (κ2) is 4.37. The topological polar surface area (TPSA) is 20.2 Å². The Kier molecular flexibility index (Phi) is 3.25. The number of aliphatic hydroxyl groups is 1. The fourth-order valence-corrected chi connectivity index (χ4v) is 3.66. The molecule has 0 heterocycles. The summed E-state index contributed by atoms with van der Waals surface area (Å²) in [5.41, 5.74) is 2.77. The molecule has 0 spiro atoms. The van der Waals surface area contributed by atoms with E-state index >= 15 is 0 Å². The zero-order valence-corrected chi connectivity index (χ0v) is 10.7. The highest BCUT2D eigenvalue weighted by Crippen LogP contribution is 2.47. The van der Waals surface area contributed by atoms with E-state index in [2.05, 4.69) is 33.4 Å². The highest BCUT2D eigenvalue weighted by molar-refractivity contribution is 5.21. The first-order valence-electron chi connectivity index (χ1n) is 6.53. The highest BCUT2D eigenvalue weighted by Gasteiger charge is 2.41. The van der Waals surface area contributed by atoms with E-state index in [1.165, 1.54) is 24.0 Å². The molecule has 0 bridgehead atoms. The van der Waals surface area contributed by atoms with Gasteiger partial charge in [0.15, 0.2) is 0 Å². The smallest absolute Gasteiger partial charge is 0.0613 e. The van der Waals surface area contributed by atoms with E-state index in [9.17, 15) is 5.11 Å². The molecule has 0 aromatic rings. The van der Waals surface area contributed by atoms with Crippen molar-refractivity contribution in [2.75, 3.05) is 0 Å². The quantitative estimate of drug-likeness (QED) is 0.670. The predicted octanol–water partition coefficient (Wildman–Crippen LogP) is 3.55. The van der Waals surface area contributed by atoms with Crippen molar-refractivity contribution in [2.24, 2.45) is 23.7 Å². The van der Waals surface area contributed by atoms with Gasteiger partial charge in [0.1, 0.15) is 0 Å². The van der Waals surface area contributed by atoms with E-state index < -0.39 is 0 Å². The normalized spacial score (nSPS) is 39.6. The average Bonchev–Trinajstić information content (AvgIpc) is 2.15. The third-order valence-corrected chi connectivity index (χ3v) is 4.45. The minimum absolute atomic E-state index is 0.184. The molecule has 2 rings (SSSR count). The number of hydrogen-bond donors (Lipinski definition) is 1. The molecule has 90 valence electrons. The Balaban J connectivity index is 2.31. The average molecular weight is 220 g/mol. The summed E-state index contributed by atoms with van der Waals surface area (Å²) >= 11 is 0. The van der Waals surface area contributed by atoms with Gasteiger partial charge in [-0.25, -0.2) is 0 Å². The van der Waals surface area contributed by atoms with E-state index in [-0.39, 0.29) is 6.10 Å². The van der Waals surface area contributed by atoms with Gasteiger partial charge in [-0.15, -0.1) is 0 Å². The van der Waals surface area contributed by atoms with Crippen LogP contribution in [0, 0.1) is 23.7 Å². The van der Waals surface area contributed by atoms with E-state index in [1.54, 1.807) is 0 Å². The standard InChI is InChI=1S/C15H24O/c1-9(2)15-13-7-10(3)5-6-12(13)11(4)8-14(15)16/h7,9,12-16H,4-6,8H2,1-3H3/t12?,13?,14-,15?/m0/s1. The molecule has 1 fully saturated rings. The van der Waals surface area contributed by atoms with Crippen molar-refractivity contribution in [1.82, 2.24) is 0 Å². The van der Waals surface area contributed by atoms with Crippen LogP contribution in [-0.2, 0) is 0 Å². The van der Waals surface area contributed by atoms with Gasteiger partial charge in [0.05, 0.1) is 6.10 Å². The molecular weight excluding hydrogens is 196 g/mol. The molecule has 0 aromatic heterocycles. The maximum atomic E-state index is 10.2. The Bertz CT molecular complexity index is 313. The number of hydrogen-bond acceptors (Lipinski definition) is 1. The molecule has 4 atom stereocenters. The summed E-state index contributed by atoms with van der Waals surface area (Å²) in [5, 5.41) is 10.2. The lowest BCUT2D eigenvalue weighted by Gasteiger charge is -2.45. The van der Waals surface area contributed by atoms with Crippen molar-refractivity contribution in [2.45, 2.75) is 46.1 Å². The van der Waals surface area contributed by atoms with E-state index in [4.69, 9.17) is 0 Å². The molecule has 2 aliphatic rings. The van der Waals surface area contributed by atoms with Crippen LogP contribution in [0.1, 0.15) is 40.0 Å². The van der Waals surface area contributed by atoms with Crippen molar-refractivity contribution < 1.29 is 5.11 Å². The Morgan fingerprint density at radius 1 is 1.44 bits per heavy atom. The van der Waals surface area contributed by atoms with Gasteiger partial charge < -0.3 is 5.11 Å². The second-order valence-electron chi connectivity index (χ2n) is 5.99. The summed E-state index contributed by atoms with van der Waals surface area (Å²) in [7, 11) is 0. The molecule has 0 aliphatic heterocycles. The van der Waals surface area contributed by atoms with Gasteiger partial charge in [-0.3, -0.25) is 0 Å². The van der Waals surface area contributed by atoms with Crippen LogP contribution in [0.2, 0.25) is 0 Å². The number of fused-ring (bicyclic) bond motifs is 1. The fourth-order valence-electron chi connectivity index (χ4n) is 3.66. The molecular formula is C15H24O. The van der Waals surface area contributed by atoms with Gasteiger partial charge >= 0.3 is 0 Å². The van der Waals surface area contributed by atoms with Crippen molar-refractivity contribution in [3.05, 3.63) is 23.8 Å². The number of aliphatic hydroxyl groups excluding tert-OH is 1. The first-order chi connectivity index (χ1) is 7.50. The minimum atomic E-state index is -0.184. The van der Waals surface area contributed by atoms with Crippen LogP contribution in [0.5, 0.6) is 0 Å². The zero-order chi connectivity index (χ0) is 11.9. The maximum Gasteiger partial charge on any atom is 0.0613 e. The summed E-state index contributed by atoms with van der Waals surface area (Å²) in [5.74, 6) is 2.13. The van der Waals surface area contributed by atoms with Crippen LogP contribution in [0.15, 0.2) is 23.8 Å². The molecule has 1 nitrogen and oxygen atoms in total. The van der Waals surface area contributed by atoms with Crippen LogP contribution >= 0.6 is 0 Å². The highest BCUT2D eigenvalue weighted by atomic mass is 16.3. The van der Waals surface area contributed by atoms with Crippen LogP contribution in [-0.4, -0.2) is 11.2 Å². The summed E-state index contributed by atoms with van der Waals surface area (Å²) in [6, 6.07) is 0. The molecule has 1 saturated carbocycles. The monoisotopic (exact) mass is 220 g/mol. The van der Waals surface area contributed by atoms with Gasteiger partial charge in [0.2, 0.25) is 0 Å². The summed E-state index contributed by atoms with van der Waals surface area (Å²) in [4.78, 5) is 0. The van der Waals surface area contributed by atoms with Gasteiger partial charge in [-0.1, -0.05) is 37.6 Å². The molecule has 1 heteroatoms. The first kappa shape index (κ1) is 11.9. The van der Waals surface area contributed by atoms with Crippen LogP contribution in [0.3, 0.4) is 0 Å². The zero-order valence-electron chi connectivity index (χ0n) is 10.7. The van der Waals surface area contributed by atoms with Crippen molar-refractivity contribution >= 4 is 0 Å². The van der Waals surface area contributed by atoms with E-state index in [0.717, 1.165) is 6.42 Å². The minimum Gasteiger partial charge on any atom is -0.392 e. The Hall–Kier alpha value is -0.560. The largest absolute Gasteiger partial charge is 0.392 e. The predicted molar refractivity (Wildman–Crippen MR) is 68.1 cm³/mol. The van der Waals surface area contributed by atoms with E-state index in [0.29, 0.717) is 23.7 Å². The summed E-state index contributed by atoms with van der Waals surface area (Å²) < 4.78 is 0. The summed E-state index contributed by atoms with van der Waals surface area (Å²) in [6.45, 7) is 10.9. The van der Waals surface area contributed by atoms with Crippen molar-refractivity contribution in [1.29, 1.82) is 0 Å². The first-order valence-corrected chi connectivity index (χ1v) is 6.53. The maximum absolute atomic E-state index is 10.2. The third-order valence-electron chi connectivity index (χ3n) is 4.45. The van der Waals surface area contributed by atoms with Crippen molar-refractivity contribution in [3.8, 4) is 0 Å². The lowest BCUT2D eigenvalue weighted by atomic mass is 9.61. The van der Waals surface area contributed by atoms with Gasteiger partial charge in [-0.05, 0) is 49.9 Å². The van der Waals surface area contributed by atoms with Crippen molar-refractivity contribution in [3.63, 3.8) is 0 Å². The molecule has 0 amide bonds.